The normalized spacial score (nSPS) is 11.6. The van der Waals surface area contributed by atoms with Crippen LogP contribution in [0.2, 0.25) is 5.02 Å². The van der Waals surface area contributed by atoms with Crippen molar-refractivity contribution in [3.63, 3.8) is 0 Å². The standard InChI is InChI=1S/C41H24ClN3O/c42-30-19-21-31-32-20-18-28(23-35(32)38-37(34(31)24-30)33-16-7-8-17-36(33)46-38)27-14-9-15-29(22-27)41-44-39(25-10-3-1-4-11-25)43-40(45-41)26-12-5-2-6-13-26/h1-24H. The molecule has 46 heavy (non-hydrogen) atoms. The molecule has 9 rings (SSSR count). The van der Waals surface area contributed by atoms with Crippen molar-refractivity contribution in [1.82, 2.24) is 15.0 Å². The second-order valence-electron chi connectivity index (χ2n) is 11.4. The highest BCUT2D eigenvalue weighted by atomic mass is 35.5. The number of furan rings is 1. The Hall–Kier alpha value is -5.84. The van der Waals surface area contributed by atoms with Crippen LogP contribution in [0.4, 0.5) is 0 Å². The molecule has 0 aliphatic carbocycles. The molecule has 9 aromatic rings. The van der Waals surface area contributed by atoms with Gasteiger partial charge in [0.15, 0.2) is 17.5 Å². The number of benzene rings is 7. The lowest BCUT2D eigenvalue weighted by atomic mass is 9.94. The molecule has 216 valence electrons. The first-order valence-corrected chi connectivity index (χ1v) is 15.5. The van der Waals surface area contributed by atoms with Crippen LogP contribution >= 0.6 is 11.6 Å². The van der Waals surface area contributed by atoms with Gasteiger partial charge in [0.2, 0.25) is 0 Å². The average Bonchev–Trinajstić information content (AvgIpc) is 3.52. The van der Waals surface area contributed by atoms with Crippen LogP contribution in [0.3, 0.4) is 0 Å². The highest BCUT2D eigenvalue weighted by Gasteiger charge is 2.17. The number of hydrogen-bond acceptors (Lipinski definition) is 4. The van der Waals surface area contributed by atoms with Crippen LogP contribution in [0.15, 0.2) is 150 Å². The average molecular weight is 610 g/mol. The van der Waals surface area contributed by atoms with Gasteiger partial charge in [-0.25, -0.2) is 15.0 Å². The highest BCUT2D eigenvalue weighted by molar-refractivity contribution is 6.35. The van der Waals surface area contributed by atoms with Gasteiger partial charge in [-0.3, -0.25) is 0 Å². The lowest BCUT2D eigenvalue weighted by Crippen LogP contribution is -2.00. The van der Waals surface area contributed by atoms with E-state index >= 15 is 0 Å². The van der Waals surface area contributed by atoms with Crippen LogP contribution in [0, 0.1) is 0 Å². The second kappa shape index (κ2) is 10.7. The van der Waals surface area contributed by atoms with Gasteiger partial charge in [0.05, 0.1) is 0 Å². The van der Waals surface area contributed by atoms with Crippen molar-refractivity contribution in [2.45, 2.75) is 0 Å². The van der Waals surface area contributed by atoms with Gasteiger partial charge in [0, 0.05) is 37.9 Å². The number of nitrogens with zero attached hydrogens (tertiary/aromatic N) is 3. The van der Waals surface area contributed by atoms with Gasteiger partial charge >= 0.3 is 0 Å². The van der Waals surface area contributed by atoms with Gasteiger partial charge in [-0.1, -0.05) is 127 Å². The minimum Gasteiger partial charge on any atom is -0.455 e. The van der Waals surface area contributed by atoms with Gasteiger partial charge in [-0.05, 0) is 57.6 Å². The summed E-state index contributed by atoms with van der Waals surface area (Å²) in [6.07, 6.45) is 0. The first-order valence-electron chi connectivity index (χ1n) is 15.1. The molecular weight excluding hydrogens is 586 g/mol. The zero-order valence-electron chi connectivity index (χ0n) is 24.5. The number of fused-ring (bicyclic) bond motifs is 8. The molecule has 5 heteroatoms. The first kappa shape index (κ1) is 26.6. The predicted molar refractivity (Wildman–Crippen MR) is 189 cm³/mol. The monoisotopic (exact) mass is 609 g/mol. The zero-order chi connectivity index (χ0) is 30.6. The lowest BCUT2D eigenvalue weighted by Gasteiger charge is -2.11. The molecule has 2 aromatic heterocycles. The fourth-order valence-corrected chi connectivity index (χ4v) is 6.55. The van der Waals surface area contributed by atoms with Crippen molar-refractivity contribution in [1.29, 1.82) is 0 Å². The highest BCUT2D eigenvalue weighted by Crippen LogP contribution is 2.43. The quantitative estimate of drug-likeness (QED) is 0.186. The molecule has 0 aliphatic heterocycles. The summed E-state index contributed by atoms with van der Waals surface area (Å²) in [5, 5.41) is 7.28. The number of halogens is 1. The molecule has 0 N–H and O–H groups in total. The number of para-hydroxylation sites is 1. The summed E-state index contributed by atoms with van der Waals surface area (Å²) in [4.78, 5) is 14.7. The van der Waals surface area contributed by atoms with E-state index in [0.717, 1.165) is 71.3 Å². The fraction of sp³-hybridized carbons (Fsp3) is 0. The van der Waals surface area contributed by atoms with E-state index in [9.17, 15) is 0 Å². The van der Waals surface area contributed by atoms with Crippen molar-refractivity contribution in [2.24, 2.45) is 0 Å². The third-order valence-electron chi connectivity index (χ3n) is 8.55. The molecule has 0 atom stereocenters. The summed E-state index contributed by atoms with van der Waals surface area (Å²) in [6.45, 7) is 0. The van der Waals surface area contributed by atoms with E-state index in [2.05, 4.69) is 54.6 Å². The largest absolute Gasteiger partial charge is 0.455 e. The van der Waals surface area contributed by atoms with Crippen molar-refractivity contribution in [3.05, 3.63) is 151 Å². The van der Waals surface area contributed by atoms with Crippen LogP contribution in [0.1, 0.15) is 0 Å². The maximum Gasteiger partial charge on any atom is 0.164 e. The van der Waals surface area contributed by atoms with Crippen LogP contribution in [-0.4, -0.2) is 15.0 Å². The lowest BCUT2D eigenvalue weighted by molar-refractivity contribution is 0.673. The van der Waals surface area contributed by atoms with Gasteiger partial charge in [0.25, 0.3) is 0 Å². The molecule has 2 heterocycles. The molecular formula is C41H24ClN3O. The number of hydrogen-bond donors (Lipinski definition) is 0. The number of aromatic nitrogens is 3. The minimum absolute atomic E-state index is 0.623. The van der Waals surface area contributed by atoms with Gasteiger partial charge in [-0.15, -0.1) is 0 Å². The minimum atomic E-state index is 0.623. The summed E-state index contributed by atoms with van der Waals surface area (Å²) in [6, 6.07) is 49.3. The van der Waals surface area contributed by atoms with E-state index in [0.29, 0.717) is 22.5 Å². The smallest absolute Gasteiger partial charge is 0.164 e. The number of rotatable bonds is 4. The summed E-state index contributed by atoms with van der Waals surface area (Å²) < 4.78 is 6.54. The Bertz CT molecular complexity index is 2540. The molecule has 0 saturated carbocycles. The summed E-state index contributed by atoms with van der Waals surface area (Å²) in [5.74, 6) is 1.90. The fourth-order valence-electron chi connectivity index (χ4n) is 6.38. The zero-order valence-corrected chi connectivity index (χ0v) is 25.2. The first-order chi connectivity index (χ1) is 22.7. The van der Waals surface area contributed by atoms with E-state index < -0.39 is 0 Å². The van der Waals surface area contributed by atoms with E-state index in [4.69, 9.17) is 31.0 Å². The van der Waals surface area contributed by atoms with Crippen molar-refractivity contribution >= 4 is 55.1 Å². The topological polar surface area (TPSA) is 51.8 Å². The summed E-state index contributed by atoms with van der Waals surface area (Å²) in [7, 11) is 0. The molecule has 0 aliphatic rings. The Balaban J connectivity index is 1.23. The van der Waals surface area contributed by atoms with E-state index in [-0.39, 0.29) is 0 Å². The van der Waals surface area contributed by atoms with Gasteiger partial charge < -0.3 is 4.42 Å². The van der Waals surface area contributed by atoms with Crippen LogP contribution in [0.25, 0.3) is 88.8 Å². The van der Waals surface area contributed by atoms with E-state index in [1.165, 1.54) is 0 Å². The SMILES string of the molecule is Clc1ccc2c3ccc(-c4cccc(-c5nc(-c6ccccc6)nc(-c6ccccc6)n5)c4)cc3c3oc4ccccc4c3c2c1. The van der Waals surface area contributed by atoms with Crippen molar-refractivity contribution in [2.75, 3.05) is 0 Å². The Morgan fingerprint density at radius 2 is 0.957 bits per heavy atom. The van der Waals surface area contributed by atoms with Crippen LogP contribution < -0.4 is 0 Å². The van der Waals surface area contributed by atoms with E-state index in [1.807, 2.05) is 91.0 Å². The van der Waals surface area contributed by atoms with Gasteiger partial charge in [-0.2, -0.15) is 0 Å². The van der Waals surface area contributed by atoms with Crippen LogP contribution in [0.5, 0.6) is 0 Å². The second-order valence-corrected chi connectivity index (χ2v) is 11.8. The van der Waals surface area contributed by atoms with Crippen LogP contribution in [-0.2, 0) is 0 Å². The molecule has 0 fully saturated rings. The van der Waals surface area contributed by atoms with Crippen molar-refractivity contribution < 1.29 is 4.42 Å². The molecule has 0 radical (unpaired) electrons. The molecule has 4 nitrogen and oxygen atoms in total. The summed E-state index contributed by atoms with van der Waals surface area (Å²) >= 11 is 6.50. The molecule has 0 spiro atoms. The Kier molecular flexibility index (Phi) is 6.15. The molecule has 7 aromatic carbocycles. The van der Waals surface area contributed by atoms with E-state index in [1.54, 1.807) is 0 Å². The third-order valence-corrected chi connectivity index (χ3v) is 8.79. The Labute approximate surface area is 269 Å². The molecule has 0 bridgehead atoms. The maximum absolute atomic E-state index is 6.54. The maximum atomic E-state index is 6.54. The van der Waals surface area contributed by atoms with Gasteiger partial charge in [0.1, 0.15) is 11.2 Å². The summed E-state index contributed by atoms with van der Waals surface area (Å²) in [5.41, 5.74) is 6.65. The molecule has 0 saturated heterocycles. The predicted octanol–water partition coefficient (Wildman–Crippen LogP) is 11.4. The Morgan fingerprint density at radius 3 is 1.70 bits per heavy atom. The molecule has 0 unspecified atom stereocenters. The Morgan fingerprint density at radius 1 is 0.391 bits per heavy atom. The third kappa shape index (κ3) is 4.42. The molecule has 0 amide bonds. The van der Waals surface area contributed by atoms with Crippen molar-refractivity contribution in [3.8, 4) is 45.3 Å².